The molecule has 7 heteroatoms. The van der Waals surface area contributed by atoms with Gasteiger partial charge in [-0.25, -0.2) is 0 Å². The molecule has 0 unspecified atom stereocenters. The topological polar surface area (TPSA) is 93.5 Å². The van der Waals surface area contributed by atoms with Crippen LogP contribution in [0.5, 0.6) is 5.75 Å². The molecule has 0 aliphatic rings. The number of nitrogens with two attached hydrogens (primary N) is 1. The number of benzene rings is 2. The van der Waals surface area contributed by atoms with E-state index >= 15 is 0 Å². The van der Waals surface area contributed by atoms with E-state index in [2.05, 4.69) is 10.6 Å². The molecule has 6 nitrogen and oxygen atoms in total. The summed E-state index contributed by atoms with van der Waals surface area (Å²) < 4.78 is 5.10. The lowest BCUT2D eigenvalue weighted by atomic mass is 10.0. The Morgan fingerprint density at radius 2 is 1.76 bits per heavy atom. The monoisotopic (exact) mass is 417 g/mol. The van der Waals surface area contributed by atoms with Crippen LogP contribution in [0, 0.1) is 0 Å². The maximum absolute atomic E-state index is 12.2. The van der Waals surface area contributed by atoms with Crippen LogP contribution in [-0.2, 0) is 16.0 Å². The van der Waals surface area contributed by atoms with Crippen molar-refractivity contribution in [3.63, 3.8) is 0 Å². The summed E-state index contributed by atoms with van der Waals surface area (Å²) >= 11 is 0. The van der Waals surface area contributed by atoms with Crippen molar-refractivity contribution in [2.75, 3.05) is 12.4 Å². The Morgan fingerprint density at radius 1 is 1.10 bits per heavy atom. The molecule has 0 aliphatic heterocycles. The average Bonchev–Trinajstić information content (AvgIpc) is 2.71. The fourth-order valence-corrected chi connectivity index (χ4v) is 2.56. The van der Waals surface area contributed by atoms with Crippen molar-refractivity contribution in [1.29, 1.82) is 0 Å². The van der Waals surface area contributed by atoms with Crippen LogP contribution in [0.4, 0.5) is 5.69 Å². The summed E-state index contributed by atoms with van der Waals surface area (Å²) in [6.07, 6.45) is 4.56. The molecule has 2 aromatic rings. The van der Waals surface area contributed by atoms with E-state index in [9.17, 15) is 9.59 Å². The maximum atomic E-state index is 12.2. The van der Waals surface area contributed by atoms with Gasteiger partial charge in [-0.2, -0.15) is 0 Å². The fourth-order valence-electron chi connectivity index (χ4n) is 2.56. The van der Waals surface area contributed by atoms with Crippen LogP contribution in [-0.4, -0.2) is 31.0 Å². The van der Waals surface area contributed by atoms with Crippen molar-refractivity contribution in [3.05, 3.63) is 72.3 Å². The highest BCUT2D eigenvalue weighted by molar-refractivity contribution is 5.99. The highest BCUT2D eigenvalue weighted by Crippen LogP contribution is 2.15. The average molecular weight is 418 g/mol. The van der Waals surface area contributed by atoms with Gasteiger partial charge in [0.15, 0.2) is 0 Å². The van der Waals surface area contributed by atoms with E-state index in [1.54, 1.807) is 44.4 Å². The zero-order valence-electron chi connectivity index (χ0n) is 16.6. The molecule has 0 radical (unpaired) electrons. The molecule has 0 saturated heterocycles. The lowest BCUT2D eigenvalue weighted by Crippen LogP contribution is -2.43. The molecule has 2 aromatic carbocycles. The molecule has 0 saturated carbocycles. The second-order valence-electron chi connectivity index (χ2n) is 6.50. The number of ether oxygens (including phenoxy) is 1. The van der Waals surface area contributed by atoms with Gasteiger partial charge in [-0.15, -0.1) is 12.4 Å². The second-order valence-corrected chi connectivity index (χ2v) is 6.50. The van der Waals surface area contributed by atoms with Crippen LogP contribution in [0.2, 0.25) is 0 Å². The number of aryl methyl sites for hydroxylation is 1. The molecule has 0 bridgehead atoms. The third-order valence-electron chi connectivity index (χ3n) is 4.17. The number of anilines is 1. The summed E-state index contributed by atoms with van der Waals surface area (Å²) in [5.41, 5.74) is 7.48. The Labute approximate surface area is 177 Å². The summed E-state index contributed by atoms with van der Waals surface area (Å²) in [5.74, 6) is 0.191. The zero-order chi connectivity index (χ0) is 20.4. The lowest BCUT2D eigenvalue weighted by Gasteiger charge is -2.17. The van der Waals surface area contributed by atoms with E-state index < -0.39 is 6.04 Å². The number of methoxy groups -OCH3 is 1. The Balaban J connectivity index is 0.00000420. The SMILES string of the molecule is COc1ccc(NC(=O)/C=C/[C@H](CCc2ccccc2)NC(=O)[C@H](C)N)cc1.Cl. The molecular weight excluding hydrogens is 390 g/mol. The number of halogens is 1. The van der Waals surface area contributed by atoms with Crippen LogP contribution in [0.25, 0.3) is 0 Å². The molecule has 0 heterocycles. The Bertz CT molecular complexity index is 793. The van der Waals surface area contributed by atoms with Crippen LogP contribution >= 0.6 is 12.4 Å². The van der Waals surface area contributed by atoms with Gasteiger partial charge in [0.1, 0.15) is 5.75 Å². The first-order chi connectivity index (χ1) is 13.5. The first kappa shape index (κ1) is 24.2. The Hall–Kier alpha value is -2.83. The fraction of sp³-hybridized carbons (Fsp3) is 0.273. The molecule has 2 atom stereocenters. The molecule has 29 heavy (non-hydrogen) atoms. The molecular formula is C22H28ClN3O3. The van der Waals surface area contributed by atoms with Crippen molar-refractivity contribution in [1.82, 2.24) is 5.32 Å². The highest BCUT2D eigenvalue weighted by Gasteiger charge is 2.13. The first-order valence-electron chi connectivity index (χ1n) is 9.21. The molecule has 0 aromatic heterocycles. The van der Waals surface area contributed by atoms with Crippen LogP contribution in [0.3, 0.4) is 0 Å². The summed E-state index contributed by atoms with van der Waals surface area (Å²) in [6.45, 7) is 1.63. The number of nitrogens with one attached hydrogen (secondary N) is 2. The van der Waals surface area contributed by atoms with Crippen molar-refractivity contribution in [3.8, 4) is 5.75 Å². The summed E-state index contributed by atoms with van der Waals surface area (Å²) in [6, 6.07) is 16.1. The van der Waals surface area contributed by atoms with E-state index in [1.807, 2.05) is 30.3 Å². The first-order valence-corrected chi connectivity index (χ1v) is 9.21. The Kier molecular flexibility index (Phi) is 10.5. The molecule has 4 N–H and O–H groups in total. The lowest BCUT2D eigenvalue weighted by molar-refractivity contribution is -0.122. The second kappa shape index (κ2) is 12.6. The van der Waals surface area contributed by atoms with Crippen LogP contribution in [0.1, 0.15) is 18.9 Å². The quantitative estimate of drug-likeness (QED) is 0.546. The maximum Gasteiger partial charge on any atom is 0.248 e. The normalized spacial score (nSPS) is 12.5. The number of carbonyl (C=O) groups is 2. The van der Waals surface area contributed by atoms with E-state index in [4.69, 9.17) is 10.5 Å². The van der Waals surface area contributed by atoms with E-state index in [-0.39, 0.29) is 30.3 Å². The number of hydrogen-bond donors (Lipinski definition) is 3. The minimum atomic E-state index is -0.610. The van der Waals surface area contributed by atoms with Crippen molar-refractivity contribution >= 4 is 29.9 Å². The van der Waals surface area contributed by atoms with Gasteiger partial charge in [0.2, 0.25) is 11.8 Å². The van der Waals surface area contributed by atoms with E-state index in [1.165, 1.54) is 11.6 Å². The van der Waals surface area contributed by atoms with Gasteiger partial charge in [-0.05, 0) is 49.6 Å². The third kappa shape index (κ3) is 8.81. The number of rotatable bonds is 9. The summed E-state index contributed by atoms with van der Waals surface area (Å²) in [5, 5.41) is 5.65. The van der Waals surface area contributed by atoms with Gasteiger partial charge in [-0.1, -0.05) is 36.4 Å². The van der Waals surface area contributed by atoms with Crippen molar-refractivity contribution in [2.24, 2.45) is 5.73 Å². The number of carbonyl (C=O) groups excluding carboxylic acids is 2. The van der Waals surface area contributed by atoms with E-state index in [0.29, 0.717) is 17.9 Å². The van der Waals surface area contributed by atoms with Gasteiger partial charge < -0.3 is 21.1 Å². The summed E-state index contributed by atoms with van der Waals surface area (Å²) in [4.78, 5) is 24.2. The molecule has 0 aliphatic carbocycles. The predicted molar refractivity (Wildman–Crippen MR) is 118 cm³/mol. The van der Waals surface area contributed by atoms with Gasteiger partial charge in [0.05, 0.1) is 13.2 Å². The van der Waals surface area contributed by atoms with E-state index in [0.717, 1.165) is 6.42 Å². The number of amides is 2. The van der Waals surface area contributed by atoms with Gasteiger partial charge >= 0.3 is 0 Å². The largest absolute Gasteiger partial charge is 0.497 e. The molecule has 2 amide bonds. The van der Waals surface area contributed by atoms with Gasteiger partial charge in [0.25, 0.3) is 0 Å². The smallest absolute Gasteiger partial charge is 0.248 e. The molecule has 156 valence electrons. The highest BCUT2D eigenvalue weighted by atomic mass is 35.5. The molecule has 2 rings (SSSR count). The predicted octanol–water partition coefficient (Wildman–Crippen LogP) is 3.08. The standard InChI is InChI=1S/C22H27N3O3.ClH/c1-16(23)22(27)25-19(9-8-17-6-4-3-5-7-17)12-15-21(26)24-18-10-13-20(28-2)14-11-18;/h3-7,10-16,19H,8-9,23H2,1-2H3,(H,24,26)(H,25,27);1H/b15-12+;/t16-,19-;/m0./s1. The van der Waals surface area contributed by atoms with Gasteiger partial charge in [0, 0.05) is 17.8 Å². The third-order valence-corrected chi connectivity index (χ3v) is 4.17. The summed E-state index contributed by atoms with van der Waals surface area (Å²) in [7, 11) is 1.59. The zero-order valence-corrected chi connectivity index (χ0v) is 17.4. The van der Waals surface area contributed by atoms with Crippen molar-refractivity contribution < 1.29 is 14.3 Å². The minimum Gasteiger partial charge on any atom is -0.497 e. The number of hydrogen-bond acceptors (Lipinski definition) is 4. The minimum absolute atomic E-state index is 0. The van der Waals surface area contributed by atoms with Crippen LogP contribution < -0.4 is 21.1 Å². The molecule has 0 fully saturated rings. The Morgan fingerprint density at radius 3 is 2.34 bits per heavy atom. The molecule has 0 spiro atoms. The van der Waals surface area contributed by atoms with Crippen LogP contribution in [0.15, 0.2) is 66.7 Å². The van der Waals surface area contributed by atoms with Crippen molar-refractivity contribution in [2.45, 2.75) is 31.8 Å². The van der Waals surface area contributed by atoms with Gasteiger partial charge in [-0.3, -0.25) is 9.59 Å².